The molecular formula is C15H23ClN2O2S. The van der Waals surface area contributed by atoms with Crippen LogP contribution in [0.5, 0.6) is 0 Å². The van der Waals surface area contributed by atoms with Crippen molar-refractivity contribution in [2.24, 2.45) is 0 Å². The van der Waals surface area contributed by atoms with Crippen molar-refractivity contribution in [3.05, 3.63) is 29.8 Å². The maximum absolute atomic E-state index is 12.2. The van der Waals surface area contributed by atoms with Crippen LogP contribution >= 0.6 is 11.6 Å². The Labute approximate surface area is 132 Å². The average Bonchev–Trinajstić information content (AvgIpc) is 2.48. The third-order valence-electron chi connectivity index (χ3n) is 3.87. The van der Waals surface area contributed by atoms with E-state index in [0.717, 1.165) is 19.5 Å². The quantitative estimate of drug-likeness (QED) is 0.594. The molecular weight excluding hydrogens is 308 g/mol. The minimum Gasteiger partial charge on any atom is -0.369 e. The number of benzene rings is 1. The lowest BCUT2D eigenvalue weighted by Crippen LogP contribution is -2.49. The number of piperazine rings is 1. The molecule has 1 heterocycles. The summed E-state index contributed by atoms with van der Waals surface area (Å²) in [6.07, 6.45) is 1.40. The molecule has 0 amide bonds. The summed E-state index contributed by atoms with van der Waals surface area (Å²) in [5, 5.41) is 0. The number of hydrogen-bond acceptors (Lipinski definition) is 3. The van der Waals surface area contributed by atoms with Crippen LogP contribution in [0.4, 0.5) is 5.69 Å². The molecule has 1 aliphatic heterocycles. The first-order valence-corrected chi connectivity index (χ1v) is 9.53. The van der Waals surface area contributed by atoms with Crippen molar-refractivity contribution in [1.29, 1.82) is 0 Å². The zero-order chi connectivity index (χ0) is 15.3. The average molecular weight is 331 g/mol. The summed E-state index contributed by atoms with van der Waals surface area (Å²) in [5.74, 6) is 0.737. The number of unbranched alkanes of at least 4 members (excludes halogenated alkanes) is 1. The first-order valence-electron chi connectivity index (χ1n) is 7.39. The van der Waals surface area contributed by atoms with E-state index in [1.165, 1.54) is 11.3 Å². The zero-order valence-electron chi connectivity index (χ0n) is 12.5. The highest BCUT2D eigenvalue weighted by Gasteiger charge is 2.26. The van der Waals surface area contributed by atoms with Gasteiger partial charge in [0.05, 0.1) is 5.75 Å². The predicted molar refractivity (Wildman–Crippen MR) is 88.7 cm³/mol. The molecule has 0 aliphatic carbocycles. The molecule has 4 nitrogen and oxygen atoms in total. The zero-order valence-corrected chi connectivity index (χ0v) is 14.0. The van der Waals surface area contributed by atoms with E-state index >= 15 is 0 Å². The van der Waals surface area contributed by atoms with Crippen molar-refractivity contribution in [2.75, 3.05) is 42.7 Å². The second kappa shape index (κ2) is 7.47. The largest absolute Gasteiger partial charge is 0.369 e. The van der Waals surface area contributed by atoms with Gasteiger partial charge >= 0.3 is 0 Å². The van der Waals surface area contributed by atoms with E-state index in [1.807, 2.05) is 12.1 Å². The van der Waals surface area contributed by atoms with Crippen LogP contribution in [0.2, 0.25) is 0 Å². The van der Waals surface area contributed by atoms with E-state index in [-0.39, 0.29) is 5.75 Å². The Morgan fingerprint density at radius 2 is 1.76 bits per heavy atom. The normalized spacial score (nSPS) is 17.1. The lowest BCUT2D eigenvalue weighted by Gasteiger charge is -2.36. The number of halogens is 1. The van der Waals surface area contributed by atoms with Crippen molar-refractivity contribution in [2.45, 2.75) is 19.8 Å². The summed E-state index contributed by atoms with van der Waals surface area (Å²) in [4.78, 5) is 2.26. The molecule has 21 heavy (non-hydrogen) atoms. The van der Waals surface area contributed by atoms with Crippen LogP contribution in [0.15, 0.2) is 24.3 Å². The monoisotopic (exact) mass is 330 g/mol. The van der Waals surface area contributed by atoms with Crippen LogP contribution in [0.3, 0.4) is 0 Å². The topological polar surface area (TPSA) is 40.6 Å². The Morgan fingerprint density at radius 3 is 2.38 bits per heavy atom. The van der Waals surface area contributed by atoms with Gasteiger partial charge in [-0.25, -0.2) is 8.42 Å². The first-order chi connectivity index (χ1) is 10.0. The molecule has 1 saturated heterocycles. The van der Waals surface area contributed by atoms with Gasteiger partial charge in [-0.2, -0.15) is 4.31 Å². The molecule has 2 rings (SSSR count). The van der Waals surface area contributed by atoms with Gasteiger partial charge in [-0.15, -0.1) is 11.6 Å². The molecule has 1 aliphatic rings. The van der Waals surface area contributed by atoms with E-state index < -0.39 is 10.0 Å². The third kappa shape index (κ3) is 4.34. The second-order valence-corrected chi connectivity index (χ2v) is 7.85. The summed E-state index contributed by atoms with van der Waals surface area (Å²) in [5.41, 5.74) is 2.44. The van der Waals surface area contributed by atoms with Gasteiger partial charge in [0.15, 0.2) is 0 Å². The Morgan fingerprint density at radius 1 is 1.10 bits per heavy atom. The highest BCUT2D eigenvalue weighted by molar-refractivity contribution is 7.89. The fraction of sp³-hybridized carbons (Fsp3) is 0.600. The number of anilines is 1. The summed E-state index contributed by atoms with van der Waals surface area (Å²) in [7, 11) is -3.12. The number of sulfonamides is 1. The second-order valence-electron chi connectivity index (χ2n) is 5.38. The maximum atomic E-state index is 12.2. The standard InChI is InChI=1S/C15H23ClN2O2S/c1-14-6-2-3-7-15(14)17-9-11-18(12-10-17)21(19,20)13-5-4-8-16/h2-3,6-7H,4-5,8-13H2,1H3. The summed E-state index contributed by atoms with van der Waals surface area (Å²) >= 11 is 5.60. The van der Waals surface area contributed by atoms with Gasteiger partial charge in [0, 0.05) is 37.7 Å². The van der Waals surface area contributed by atoms with Crippen LogP contribution in [-0.2, 0) is 10.0 Å². The Kier molecular flexibility index (Phi) is 5.90. The van der Waals surface area contributed by atoms with E-state index in [9.17, 15) is 8.42 Å². The molecule has 6 heteroatoms. The van der Waals surface area contributed by atoms with Crippen molar-refractivity contribution < 1.29 is 8.42 Å². The Balaban J connectivity index is 1.93. The van der Waals surface area contributed by atoms with Crippen LogP contribution in [-0.4, -0.2) is 50.5 Å². The number of hydrogen-bond donors (Lipinski definition) is 0. The van der Waals surface area contributed by atoms with Gasteiger partial charge in [-0.3, -0.25) is 0 Å². The molecule has 0 bridgehead atoms. The van der Waals surface area contributed by atoms with Gasteiger partial charge in [0.1, 0.15) is 0 Å². The van der Waals surface area contributed by atoms with Crippen LogP contribution in [0.1, 0.15) is 18.4 Å². The molecule has 0 unspecified atom stereocenters. The minimum atomic E-state index is -3.12. The van der Waals surface area contributed by atoms with E-state index in [2.05, 4.69) is 24.0 Å². The van der Waals surface area contributed by atoms with E-state index in [4.69, 9.17) is 11.6 Å². The molecule has 1 aromatic rings. The van der Waals surface area contributed by atoms with E-state index in [0.29, 0.717) is 25.4 Å². The van der Waals surface area contributed by atoms with E-state index in [1.54, 1.807) is 4.31 Å². The molecule has 0 saturated carbocycles. The number of alkyl halides is 1. The lowest BCUT2D eigenvalue weighted by molar-refractivity contribution is 0.384. The predicted octanol–water partition coefficient (Wildman–Crippen LogP) is 2.47. The molecule has 1 aromatic carbocycles. The van der Waals surface area contributed by atoms with Crippen molar-refractivity contribution >= 4 is 27.3 Å². The van der Waals surface area contributed by atoms with Crippen LogP contribution in [0, 0.1) is 6.92 Å². The fourth-order valence-electron chi connectivity index (χ4n) is 2.63. The van der Waals surface area contributed by atoms with Crippen molar-refractivity contribution in [1.82, 2.24) is 4.31 Å². The Hall–Kier alpha value is -0.780. The van der Waals surface area contributed by atoms with Crippen molar-refractivity contribution in [3.8, 4) is 0 Å². The van der Waals surface area contributed by atoms with Crippen molar-refractivity contribution in [3.63, 3.8) is 0 Å². The first kappa shape index (κ1) is 16.6. The Bertz CT molecular complexity index is 555. The molecule has 0 atom stereocenters. The summed E-state index contributed by atoms with van der Waals surface area (Å²) in [6.45, 7) is 4.72. The summed E-state index contributed by atoms with van der Waals surface area (Å²) < 4.78 is 26.1. The SMILES string of the molecule is Cc1ccccc1N1CCN(S(=O)(=O)CCCCCl)CC1. The molecule has 1 fully saturated rings. The number of para-hydroxylation sites is 1. The van der Waals surface area contributed by atoms with Gasteiger partial charge < -0.3 is 4.90 Å². The number of nitrogens with zero attached hydrogens (tertiary/aromatic N) is 2. The van der Waals surface area contributed by atoms with Crippen LogP contribution < -0.4 is 4.90 Å². The fourth-order valence-corrected chi connectivity index (χ4v) is 4.37. The van der Waals surface area contributed by atoms with Gasteiger partial charge in [0.2, 0.25) is 10.0 Å². The summed E-state index contributed by atoms with van der Waals surface area (Å²) in [6, 6.07) is 8.23. The molecule has 0 N–H and O–H groups in total. The maximum Gasteiger partial charge on any atom is 0.214 e. The van der Waals surface area contributed by atoms with Gasteiger partial charge in [0.25, 0.3) is 0 Å². The van der Waals surface area contributed by atoms with Gasteiger partial charge in [-0.1, -0.05) is 18.2 Å². The highest BCUT2D eigenvalue weighted by atomic mass is 35.5. The number of rotatable bonds is 6. The lowest BCUT2D eigenvalue weighted by atomic mass is 10.1. The molecule has 0 spiro atoms. The molecule has 0 radical (unpaired) electrons. The van der Waals surface area contributed by atoms with Gasteiger partial charge in [-0.05, 0) is 31.4 Å². The highest BCUT2D eigenvalue weighted by Crippen LogP contribution is 2.21. The number of aryl methyl sites for hydroxylation is 1. The third-order valence-corrected chi connectivity index (χ3v) is 6.10. The smallest absolute Gasteiger partial charge is 0.214 e. The van der Waals surface area contributed by atoms with Crippen LogP contribution in [0.25, 0.3) is 0 Å². The molecule has 118 valence electrons. The molecule has 0 aromatic heterocycles. The minimum absolute atomic E-state index is 0.212.